The lowest BCUT2D eigenvalue weighted by molar-refractivity contribution is -0.118. The van der Waals surface area contributed by atoms with Crippen LogP contribution in [0.5, 0.6) is 5.75 Å². The summed E-state index contributed by atoms with van der Waals surface area (Å²) < 4.78 is 46.9. The second kappa shape index (κ2) is 9.23. The fourth-order valence-corrected chi connectivity index (χ4v) is 5.05. The van der Waals surface area contributed by atoms with E-state index in [1.807, 2.05) is 0 Å². The van der Waals surface area contributed by atoms with Crippen LogP contribution in [0.2, 0.25) is 0 Å². The molecule has 0 aromatic heterocycles. The van der Waals surface area contributed by atoms with Gasteiger partial charge in [-0.3, -0.25) is 4.79 Å². The van der Waals surface area contributed by atoms with E-state index in [9.17, 15) is 17.6 Å². The normalized spacial score (nSPS) is 15.1. The molecule has 0 aliphatic carbocycles. The van der Waals surface area contributed by atoms with E-state index in [0.717, 1.165) is 19.3 Å². The van der Waals surface area contributed by atoms with Crippen molar-refractivity contribution in [2.75, 3.05) is 25.0 Å². The number of benzene rings is 2. The lowest BCUT2D eigenvalue weighted by Crippen LogP contribution is -2.35. The highest BCUT2D eigenvalue weighted by atomic mass is 79.9. The molecule has 1 aliphatic rings. The molecule has 0 radical (unpaired) electrons. The number of sulfonamides is 1. The smallest absolute Gasteiger partial charge is 0.262 e. The first kappa shape index (κ1) is 21.7. The first-order chi connectivity index (χ1) is 13.8. The molecule has 1 aliphatic heterocycles. The number of piperidine rings is 1. The number of halogens is 2. The van der Waals surface area contributed by atoms with Gasteiger partial charge in [-0.1, -0.05) is 22.4 Å². The zero-order valence-corrected chi connectivity index (χ0v) is 18.4. The number of rotatable bonds is 6. The number of carbonyl (C=O) groups excluding carboxylic acids is 1. The van der Waals surface area contributed by atoms with Crippen molar-refractivity contribution in [3.8, 4) is 5.75 Å². The third-order valence-electron chi connectivity index (χ3n) is 4.66. The molecule has 2 aromatic rings. The lowest BCUT2D eigenvalue weighted by atomic mass is 10.2. The number of hydrogen-bond donors (Lipinski definition) is 1. The summed E-state index contributed by atoms with van der Waals surface area (Å²) in [7, 11) is -3.53. The summed E-state index contributed by atoms with van der Waals surface area (Å²) in [5.74, 6) is -0.680. The van der Waals surface area contributed by atoms with E-state index in [4.69, 9.17) is 4.74 Å². The Balaban J connectivity index is 1.64. The monoisotopic (exact) mass is 484 g/mol. The summed E-state index contributed by atoms with van der Waals surface area (Å²) in [4.78, 5) is 12.3. The number of ether oxygens (including phenoxy) is 1. The second-order valence-electron chi connectivity index (χ2n) is 6.85. The van der Waals surface area contributed by atoms with Crippen LogP contribution in [0.15, 0.2) is 45.8 Å². The van der Waals surface area contributed by atoms with Crippen LogP contribution < -0.4 is 10.1 Å². The zero-order valence-electron chi connectivity index (χ0n) is 16.0. The van der Waals surface area contributed by atoms with Gasteiger partial charge in [0.05, 0.1) is 10.6 Å². The van der Waals surface area contributed by atoms with Crippen molar-refractivity contribution in [3.63, 3.8) is 0 Å². The number of amides is 1. The molecule has 0 unspecified atom stereocenters. The van der Waals surface area contributed by atoms with Gasteiger partial charge in [-0.15, -0.1) is 0 Å². The Labute approximate surface area is 178 Å². The van der Waals surface area contributed by atoms with Gasteiger partial charge in [-0.25, -0.2) is 12.8 Å². The van der Waals surface area contributed by atoms with Gasteiger partial charge >= 0.3 is 0 Å². The number of anilines is 1. The molecular weight excluding hydrogens is 463 g/mol. The molecule has 1 saturated heterocycles. The molecule has 0 spiro atoms. The molecule has 29 heavy (non-hydrogen) atoms. The summed E-state index contributed by atoms with van der Waals surface area (Å²) in [6.45, 7) is 2.46. The lowest BCUT2D eigenvalue weighted by Gasteiger charge is -2.26. The predicted molar refractivity (Wildman–Crippen MR) is 112 cm³/mol. The Morgan fingerprint density at radius 2 is 1.90 bits per heavy atom. The standard InChI is InChI=1S/C20H22BrFN2O4S/c1-14-11-16(29(26,27)24-9-3-2-4-10-24)6-8-19(14)28-13-20(25)23-18-7-5-15(21)12-17(18)22/h5-8,11-12H,2-4,9-10,13H2,1H3,(H,23,25). The van der Waals surface area contributed by atoms with E-state index in [1.165, 1.54) is 22.5 Å². The number of aryl methyl sites for hydroxylation is 1. The molecule has 2 aromatic carbocycles. The molecule has 9 heteroatoms. The maximum Gasteiger partial charge on any atom is 0.262 e. The van der Waals surface area contributed by atoms with Crippen LogP contribution in [0.3, 0.4) is 0 Å². The van der Waals surface area contributed by atoms with E-state index < -0.39 is 21.7 Å². The van der Waals surface area contributed by atoms with Crippen molar-refractivity contribution in [1.82, 2.24) is 4.31 Å². The highest BCUT2D eigenvalue weighted by Gasteiger charge is 2.26. The fourth-order valence-electron chi connectivity index (χ4n) is 3.12. The number of hydrogen-bond acceptors (Lipinski definition) is 4. The fraction of sp³-hybridized carbons (Fsp3) is 0.350. The minimum absolute atomic E-state index is 0.0569. The van der Waals surface area contributed by atoms with Gasteiger partial charge in [-0.05, 0) is 61.7 Å². The molecule has 1 N–H and O–H groups in total. The van der Waals surface area contributed by atoms with Gasteiger partial charge < -0.3 is 10.1 Å². The Morgan fingerprint density at radius 1 is 1.17 bits per heavy atom. The van der Waals surface area contributed by atoms with Crippen LogP contribution >= 0.6 is 15.9 Å². The molecule has 1 heterocycles. The van der Waals surface area contributed by atoms with E-state index in [0.29, 0.717) is 28.9 Å². The van der Waals surface area contributed by atoms with Gasteiger partial charge in [0.2, 0.25) is 10.0 Å². The molecule has 1 amide bonds. The van der Waals surface area contributed by atoms with E-state index >= 15 is 0 Å². The van der Waals surface area contributed by atoms with E-state index in [1.54, 1.807) is 25.1 Å². The molecule has 0 saturated carbocycles. The summed E-state index contributed by atoms with van der Waals surface area (Å²) in [5.41, 5.74) is 0.659. The van der Waals surface area contributed by atoms with E-state index in [-0.39, 0.29) is 17.2 Å². The average Bonchev–Trinajstić information content (AvgIpc) is 2.70. The largest absolute Gasteiger partial charge is 0.483 e. The minimum atomic E-state index is -3.53. The SMILES string of the molecule is Cc1cc(S(=O)(=O)N2CCCCC2)ccc1OCC(=O)Nc1ccc(Br)cc1F. The van der Waals surface area contributed by atoms with Gasteiger partial charge in [-0.2, -0.15) is 4.31 Å². The summed E-state index contributed by atoms with van der Waals surface area (Å²) >= 11 is 3.15. The third-order valence-corrected chi connectivity index (χ3v) is 7.05. The number of carbonyl (C=O) groups is 1. The Kier molecular flexibility index (Phi) is 6.92. The summed E-state index contributed by atoms with van der Waals surface area (Å²) in [5, 5.41) is 2.44. The molecule has 3 rings (SSSR count). The summed E-state index contributed by atoms with van der Waals surface area (Å²) in [6.07, 6.45) is 2.78. The van der Waals surface area contributed by atoms with Gasteiger partial charge in [0.15, 0.2) is 6.61 Å². The van der Waals surface area contributed by atoms with Crippen molar-refractivity contribution < 1.29 is 22.3 Å². The predicted octanol–water partition coefficient (Wildman–Crippen LogP) is 4.09. The van der Waals surface area contributed by atoms with Crippen LogP contribution in [-0.4, -0.2) is 38.3 Å². The molecule has 156 valence electrons. The van der Waals surface area contributed by atoms with Gasteiger partial charge in [0.1, 0.15) is 11.6 Å². The summed E-state index contributed by atoms with van der Waals surface area (Å²) in [6, 6.07) is 8.89. The van der Waals surface area contributed by atoms with Gasteiger partial charge in [0, 0.05) is 17.6 Å². The van der Waals surface area contributed by atoms with Crippen LogP contribution in [0.1, 0.15) is 24.8 Å². The third kappa shape index (κ3) is 5.34. The molecule has 0 atom stereocenters. The molecular formula is C20H22BrFN2O4S. The first-order valence-electron chi connectivity index (χ1n) is 9.26. The van der Waals surface area contributed by atoms with Gasteiger partial charge in [0.25, 0.3) is 5.91 Å². The average molecular weight is 485 g/mol. The maximum absolute atomic E-state index is 13.8. The van der Waals surface area contributed by atoms with Crippen LogP contribution in [0, 0.1) is 12.7 Å². The Hall–Kier alpha value is -1.97. The topological polar surface area (TPSA) is 75.7 Å². The highest BCUT2D eigenvalue weighted by Crippen LogP contribution is 2.26. The Bertz CT molecular complexity index is 1010. The second-order valence-corrected chi connectivity index (χ2v) is 9.71. The van der Waals surface area contributed by atoms with Crippen molar-refractivity contribution in [2.45, 2.75) is 31.1 Å². The van der Waals surface area contributed by atoms with Crippen molar-refractivity contribution >= 4 is 37.5 Å². The van der Waals surface area contributed by atoms with E-state index in [2.05, 4.69) is 21.2 Å². The van der Waals surface area contributed by atoms with Crippen LogP contribution in [-0.2, 0) is 14.8 Å². The van der Waals surface area contributed by atoms with Crippen LogP contribution in [0.4, 0.5) is 10.1 Å². The Morgan fingerprint density at radius 3 is 2.55 bits per heavy atom. The van der Waals surface area contributed by atoms with Crippen molar-refractivity contribution in [2.24, 2.45) is 0 Å². The van der Waals surface area contributed by atoms with Crippen molar-refractivity contribution in [1.29, 1.82) is 0 Å². The highest BCUT2D eigenvalue weighted by molar-refractivity contribution is 9.10. The first-order valence-corrected chi connectivity index (χ1v) is 11.5. The molecule has 6 nitrogen and oxygen atoms in total. The van der Waals surface area contributed by atoms with Crippen molar-refractivity contribution in [3.05, 3.63) is 52.3 Å². The number of nitrogens with one attached hydrogen (secondary N) is 1. The zero-order chi connectivity index (χ0) is 21.0. The molecule has 0 bridgehead atoms. The minimum Gasteiger partial charge on any atom is -0.483 e. The number of nitrogens with zero attached hydrogens (tertiary/aromatic N) is 1. The van der Waals surface area contributed by atoms with Crippen LogP contribution in [0.25, 0.3) is 0 Å². The quantitative estimate of drug-likeness (QED) is 0.669. The molecule has 1 fully saturated rings. The maximum atomic E-state index is 13.8.